The molecule has 2 aromatic rings. The van der Waals surface area contributed by atoms with Gasteiger partial charge in [0.15, 0.2) is 11.1 Å². The zero-order chi connectivity index (χ0) is 18.6. The average molecular weight is 384 g/mol. The van der Waals surface area contributed by atoms with Crippen molar-refractivity contribution in [3.8, 4) is 0 Å². The van der Waals surface area contributed by atoms with Crippen LogP contribution in [-0.2, 0) is 23.4 Å². The Kier molecular flexibility index (Phi) is 6.35. The van der Waals surface area contributed by atoms with E-state index in [1.165, 1.54) is 16.9 Å². The zero-order valence-corrected chi connectivity index (χ0v) is 15.1. The molecule has 7 nitrogen and oxygen atoms in total. The molecule has 1 heterocycles. The lowest BCUT2D eigenvalue weighted by molar-refractivity contribution is 0.103. The minimum atomic E-state index is -2.06. The summed E-state index contributed by atoms with van der Waals surface area (Å²) in [6.45, 7) is 6.14. The number of nitrogens with one attached hydrogen (secondary N) is 2. The lowest BCUT2D eigenvalue weighted by atomic mass is 10.0. The van der Waals surface area contributed by atoms with E-state index < -0.39 is 22.4 Å². The first kappa shape index (κ1) is 19.2. The van der Waals surface area contributed by atoms with Gasteiger partial charge >= 0.3 is 0 Å². The molecule has 134 valence electrons. The second-order valence-electron chi connectivity index (χ2n) is 5.16. The Balaban J connectivity index is 2.52. The van der Waals surface area contributed by atoms with Crippen LogP contribution in [0.2, 0.25) is 5.02 Å². The molecule has 0 aliphatic rings. The summed E-state index contributed by atoms with van der Waals surface area (Å²) >= 11 is 4.29. The lowest BCUT2D eigenvalue weighted by Gasteiger charge is -2.14. The van der Waals surface area contributed by atoms with E-state index in [0.29, 0.717) is 24.3 Å². The van der Waals surface area contributed by atoms with Crippen LogP contribution in [0.15, 0.2) is 35.8 Å². The highest BCUT2D eigenvalue weighted by molar-refractivity contribution is 7.78. The first-order valence-corrected chi connectivity index (χ1v) is 9.12. The summed E-state index contributed by atoms with van der Waals surface area (Å²) in [7, 11) is 0. The van der Waals surface area contributed by atoms with E-state index >= 15 is 0 Å². The minimum absolute atomic E-state index is 0.0168. The number of halogens is 1. The van der Waals surface area contributed by atoms with Gasteiger partial charge in [-0.1, -0.05) is 23.7 Å². The molecular formula is C16H18ClN3O4S. The van der Waals surface area contributed by atoms with Gasteiger partial charge in [-0.05, 0) is 18.6 Å². The Morgan fingerprint density at radius 3 is 2.76 bits per heavy atom. The summed E-state index contributed by atoms with van der Waals surface area (Å²) in [6, 6.07) is 3.00. The summed E-state index contributed by atoms with van der Waals surface area (Å²) < 4.78 is 21.6. The SMILES string of the molecule is C=CCNc1c(CS(=O)O)ccc(C(=O)c2c[nH]n(CC)c2=O)c1Cl. The van der Waals surface area contributed by atoms with E-state index in [1.54, 1.807) is 19.1 Å². The molecule has 0 fully saturated rings. The molecule has 0 saturated heterocycles. The number of hydrogen-bond acceptors (Lipinski definition) is 4. The molecule has 0 saturated carbocycles. The molecule has 0 aliphatic carbocycles. The summed E-state index contributed by atoms with van der Waals surface area (Å²) in [5, 5.41) is 5.79. The number of anilines is 1. The fourth-order valence-electron chi connectivity index (χ4n) is 2.36. The molecule has 0 amide bonds. The highest BCUT2D eigenvalue weighted by Crippen LogP contribution is 2.32. The number of ketones is 1. The maximum absolute atomic E-state index is 12.7. The monoisotopic (exact) mass is 383 g/mol. The average Bonchev–Trinajstić information content (AvgIpc) is 2.94. The van der Waals surface area contributed by atoms with E-state index in [0.717, 1.165) is 0 Å². The fourth-order valence-corrected chi connectivity index (χ4v) is 3.20. The van der Waals surface area contributed by atoms with Crippen molar-refractivity contribution in [2.45, 2.75) is 19.2 Å². The van der Waals surface area contributed by atoms with E-state index in [-0.39, 0.29) is 21.9 Å². The minimum Gasteiger partial charge on any atom is -0.380 e. The molecule has 1 unspecified atom stereocenters. The van der Waals surface area contributed by atoms with E-state index in [2.05, 4.69) is 17.0 Å². The van der Waals surface area contributed by atoms with Gasteiger partial charge in [0.2, 0.25) is 5.78 Å². The van der Waals surface area contributed by atoms with Crippen LogP contribution >= 0.6 is 11.6 Å². The Morgan fingerprint density at radius 2 is 2.20 bits per heavy atom. The third-order valence-electron chi connectivity index (χ3n) is 3.58. The molecule has 9 heteroatoms. The highest BCUT2D eigenvalue weighted by Gasteiger charge is 2.22. The number of aromatic amines is 1. The summed E-state index contributed by atoms with van der Waals surface area (Å²) in [4.78, 5) is 24.9. The number of rotatable bonds is 8. The molecule has 0 spiro atoms. The number of aryl methyl sites for hydroxylation is 1. The number of carbonyl (C=O) groups excluding carboxylic acids is 1. The number of hydrogen-bond donors (Lipinski definition) is 3. The van der Waals surface area contributed by atoms with Crippen LogP contribution in [0.4, 0.5) is 5.69 Å². The molecule has 2 rings (SSSR count). The molecular weight excluding hydrogens is 366 g/mol. The maximum Gasteiger partial charge on any atom is 0.277 e. The Labute approximate surface area is 152 Å². The summed E-state index contributed by atoms with van der Waals surface area (Å²) in [5.74, 6) is -0.655. The molecule has 3 N–H and O–H groups in total. The van der Waals surface area contributed by atoms with Crippen molar-refractivity contribution in [2.24, 2.45) is 0 Å². The van der Waals surface area contributed by atoms with Crippen LogP contribution in [0.3, 0.4) is 0 Å². The van der Waals surface area contributed by atoms with Gasteiger partial charge in [0.05, 0.1) is 16.5 Å². The van der Waals surface area contributed by atoms with Crippen molar-refractivity contribution in [2.75, 3.05) is 11.9 Å². The predicted molar refractivity (Wildman–Crippen MR) is 98.8 cm³/mol. The number of nitrogens with zero attached hydrogens (tertiary/aromatic N) is 1. The number of benzene rings is 1. The second-order valence-corrected chi connectivity index (χ2v) is 6.47. The maximum atomic E-state index is 12.7. The Bertz CT molecular complexity index is 888. The standard InChI is InChI=1S/C16H18ClN3O4S/c1-3-7-18-14-10(9-25(23)24)5-6-11(13(14)17)15(21)12-8-19-20(4-2)16(12)22/h3,5-6,8,18-19H,1,4,7,9H2,2H3,(H,23,24). The lowest BCUT2D eigenvalue weighted by Crippen LogP contribution is -2.21. The zero-order valence-electron chi connectivity index (χ0n) is 13.5. The van der Waals surface area contributed by atoms with Gasteiger partial charge in [-0.2, -0.15) is 0 Å². The van der Waals surface area contributed by atoms with E-state index in [1.807, 2.05) is 0 Å². The molecule has 1 aromatic carbocycles. The van der Waals surface area contributed by atoms with Crippen molar-refractivity contribution in [3.63, 3.8) is 0 Å². The van der Waals surface area contributed by atoms with Crippen LogP contribution in [0.5, 0.6) is 0 Å². The highest BCUT2D eigenvalue weighted by atomic mass is 35.5. The van der Waals surface area contributed by atoms with E-state index in [4.69, 9.17) is 16.2 Å². The van der Waals surface area contributed by atoms with Gasteiger partial charge in [0, 0.05) is 24.8 Å². The van der Waals surface area contributed by atoms with Crippen LogP contribution in [-0.4, -0.2) is 30.9 Å². The Morgan fingerprint density at radius 1 is 1.48 bits per heavy atom. The van der Waals surface area contributed by atoms with Crippen molar-refractivity contribution >= 4 is 34.2 Å². The predicted octanol–water partition coefficient (Wildman–Crippen LogP) is 2.40. The topological polar surface area (TPSA) is 104 Å². The van der Waals surface area contributed by atoms with Crippen molar-refractivity contribution in [3.05, 3.63) is 63.1 Å². The summed E-state index contributed by atoms with van der Waals surface area (Å²) in [5.41, 5.74) is 0.562. The Hall–Kier alpha value is -2.16. The number of H-pyrrole nitrogens is 1. The van der Waals surface area contributed by atoms with Gasteiger partial charge in [-0.3, -0.25) is 14.3 Å². The molecule has 25 heavy (non-hydrogen) atoms. The van der Waals surface area contributed by atoms with Crippen LogP contribution in [0.25, 0.3) is 0 Å². The molecule has 1 aromatic heterocycles. The van der Waals surface area contributed by atoms with Crippen LogP contribution in [0.1, 0.15) is 28.4 Å². The van der Waals surface area contributed by atoms with Gasteiger partial charge in [-0.15, -0.1) is 6.58 Å². The first-order chi connectivity index (χ1) is 11.9. The molecule has 0 aliphatic heterocycles. The fraction of sp³-hybridized carbons (Fsp3) is 0.250. The quantitative estimate of drug-likeness (QED) is 0.369. The number of carbonyl (C=O) groups is 1. The molecule has 0 bridgehead atoms. The molecule has 0 radical (unpaired) electrons. The van der Waals surface area contributed by atoms with Crippen molar-refractivity contribution in [1.82, 2.24) is 9.78 Å². The largest absolute Gasteiger partial charge is 0.380 e. The third kappa shape index (κ3) is 4.09. The van der Waals surface area contributed by atoms with Gasteiger partial charge < -0.3 is 15.0 Å². The summed E-state index contributed by atoms with van der Waals surface area (Å²) in [6.07, 6.45) is 2.94. The van der Waals surface area contributed by atoms with Gasteiger partial charge in [0.1, 0.15) is 5.56 Å². The molecule has 1 atom stereocenters. The van der Waals surface area contributed by atoms with Crippen molar-refractivity contribution < 1.29 is 13.6 Å². The third-order valence-corrected chi connectivity index (χ3v) is 4.53. The van der Waals surface area contributed by atoms with Gasteiger partial charge in [0.25, 0.3) is 5.56 Å². The first-order valence-electron chi connectivity index (χ1n) is 7.47. The second kappa shape index (κ2) is 8.28. The van der Waals surface area contributed by atoms with Gasteiger partial charge in [-0.25, -0.2) is 4.21 Å². The smallest absolute Gasteiger partial charge is 0.277 e. The van der Waals surface area contributed by atoms with Crippen molar-refractivity contribution in [1.29, 1.82) is 0 Å². The van der Waals surface area contributed by atoms with Crippen LogP contribution < -0.4 is 10.9 Å². The van der Waals surface area contributed by atoms with Crippen LogP contribution in [0, 0.1) is 0 Å². The van der Waals surface area contributed by atoms with E-state index in [9.17, 15) is 13.8 Å². The number of aromatic nitrogens is 2. The normalized spacial score (nSPS) is 12.0.